The average Bonchev–Trinajstić information content (AvgIpc) is 2.00. The van der Waals surface area contributed by atoms with Crippen LogP contribution in [0.1, 0.15) is 77.8 Å². The summed E-state index contributed by atoms with van der Waals surface area (Å²) in [4.78, 5) is 5.06. The number of para-hydroxylation sites is 2. The van der Waals surface area contributed by atoms with Gasteiger partial charge >= 0.3 is 0 Å². The summed E-state index contributed by atoms with van der Waals surface area (Å²) in [7, 11) is 0. The van der Waals surface area contributed by atoms with Crippen LogP contribution in [-0.4, -0.2) is 0 Å². The molecule has 0 aliphatic heterocycles. The molecule has 81 heavy (non-hydrogen) atoms. The minimum Gasteiger partial charge on any atom is -0.455 e. The summed E-state index contributed by atoms with van der Waals surface area (Å²) >= 11 is 0. The van der Waals surface area contributed by atoms with E-state index in [4.69, 9.17) is 4.42 Å². The third-order valence-electron chi connectivity index (χ3n) is 19.1. The standard InChI is InChI=1S/C78H56N2O/c1-47-35-37-49(38-36-47)80(51-40-42-57-53-24-12-17-31-62(53)77(4,5)66(57)44-51)70-46-68-74(75-73(70)60-29-15-20-34-71(60)81-75)72-59-28-10-9-27-58(59)69(45-67(72)78(68)63-32-18-13-25-54(63)55-26-14-19-33-64(55)78)79(48-21-7-6-8-22-48)50-39-41-56-52-23-11-16-30-61(52)76(2,3)65(56)43-50/h6-46H,1-5H3. The molecular formula is C78H56N2O. The second kappa shape index (κ2) is 16.4. The fraction of sp³-hybridized carbons (Fsp3) is 0.103. The molecule has 384 valence electrons. The largest absolute Gasteiger partial charge is 0.455 e. The van der Waals surface area contributed by atoms with E-state index in [1.54, 1.807) is 0 Å². The predicted molar refractivity (Wildman–Crippen MR) is 337 cm³/mol. The first-order valence-electron chi connectivity index (χ1n) is 28.6. The summed E-state index contributed by atoms with van der Waals surface area (Å²) in [5.41, 5.74) is 29.0. The molecule has 0 fully saturated rings. The molecule has 0 amide bonds. The molecule has 0 bridgehead atoms. The van der Waals surface area contributed by atoms with Crippen molar-refractivity contribution in [2.75, 3.05) is 9.80 Å². The van der Waals surface area contributed by atoms with E-state index in [0.717, 1.165) is 61.6 Å². The van der Waals surface area contributed by atoms with Gasteiger partial charge in [-0.2, -0.15) is 0 Å². The van der Waals surface area contributed by atoms with E-state index in [1.807, 2.05) is 0 Å². The van der Waals surface area contributed by atoms with Crippen molar-refractivity contribution >= 4 is 66.8 Å². The number of anilines is 6. The Hall–Kier alpha value is -9.70. The van der Waals surface area contributed by atoms with E-state index in [-0.39, 0.29) is 10.8 Å². The van der Waals surface area contributed by atoms with Gasteiger partial charge in [0.1, 0.15) is 11.2 Å². The Labute approximate surface area is 472 Å². The van der Waals surface area contributed by atoms with Crippen molar-refractivity contribution in [3.05, 3.63) is 299 Å². The Balaban J connectivity index is 1.00. The van der Waals surface area contributed by atoms with Crippen molar-refractivity contribution in [3.8, 4) is 44.5 Å². The van der Waals surface area contributed by atoms with Gasteiger partial charge in [-0.1, -0.05) is 215 Å². The summed E-state index contributed by atoms with van der Waals surface area (Å²) in [6.45, 7) is 11.7. The number of nitrogens with zero attached hydrogens (tertiary/aromatic N) is 2. The van der Waals surface area contributed by atoms with Crippen LogP contribution in [-0.2, 0) is 16.2 Å². The molecule has 0 saturated heterocycles. The monoisotopic (exact) mass is 1040 g/mol. The minimum absolute atomic E-state index is 0.184. The van der Waals surface area contributed by atoms with Crippen LogP contribution in [0, 0.1) is 6.92 Å². The van der Waals surface area contributed by atoms with Crippen molar-refractivity contribution < 1.29 is 4.42 Å². The highest BCUT2D eigenvalue weighted by molar-refractivity contribution is 6.23. The first-order chi connectivity index (χ1) is 39.6. The van der Waals surface area contributed by atoms with Crippen LogP contribution < -0.4 is 9.80 Å². The Morgan fingerprint density at radius 3 is 1.32 bits per heavy atom. The Morgan fingerprint density at radius 2 is 0.728 bits per heavy atom. The Bertz CT molecular complexity index is 4800. The van der Waals surface area contributed by atoms with E-state index in [9.17, 15) is 0 Å². The maximum absolute atomic E-state index is 7.58. The third-order valence-corrected chi connectivity index (χ3v) is 19.1. The maximum Gasteiger partial charge on any atom is 0.145 e. The smallest absolute Gasteiger partial charge is 0.145 e. The number of hydrogen-bond acceptors (Lipinski definition) is 3. The topological polar surface area (TPSA) is 19.6 Å². The number of benzene rings is 12. The van der Waals surface area contributed by atoms with E-state index in [2.05, 4.69) is 293 Å². The lowest BCUT2D eigenvalue weighted by molar-refractivity contribution is 0.660. The van der Waals surface area contributed by atoms with Crippen molar-refractivity contribution in [2.45, 2.75) is 50.9 Å². The van der Waals surface area contributed by atoms with Gasteiger partial charge < -0.3 is 14.2 Å². The van der Waals surface area contributed by atoms with Gasteiger partial charge in [0, 0.05) is 49.9 Å². The third kappa shape index (κ3) is 6.08. The van der Waals surface area contributed by atoms with Crippen LogP contribution in [0.5, 0.6) is 0 Å². The highest BCUT2D eigenvalue weighted by Gasteiger charge is 2.54. The number of furan rings is 1. The molecule has 3 heteroatoms. The molecule has 0 atom stereocenters. The van der Waals surface area contributed by atoms with Crippen LogP contribution in [0.2, 0.25) is 0 Å². The van der Waals surface area contributed by atoms with Gasteiger partial charge in [-0.3, -0.25) is 0 Å². The van der Waals surface area contributed by atoms with E-state index < -0.39 is 5.41 Å². The fourth-order valence-electron chi connectivity index (χ4n) is 15.5. The normalized spacial score (nSPS) is 14.8. The zero-order chi connectivity index (χ0) is 54.1. The number of hydrogen-bond donors (Lipinski definition) is 0. The molecular weight excluding hydrogens is 981 g/mol. The molecule has 4 aliphatic rings. The molecule has 17 rings (SSSR count). The molecule has 0 N–H and O–H groups in total. The van der Waals surface area contributed by atoms with Crippen LogP contribution in [0.3, 0.4) is 0 Å². The van der Waals surface area contributed by atoms with Crippen molar-refractivity contribution in [1.29, 1.82) is 0 Å². The van der Waals surface area contributed by atoms with Crippen LogP contribution in [0.4, 0.5) is 34.1 Å². The van der Waals surface area contributed by atoms with E-state index in [0.29, 0.717) is 0 Å². The number of rotatable bonds is 6. The zero-order valence-electron chi connectivity index (χ0n) is 46.0. The lowest BCUT2D eigenvalue weighted by Gasteiger charge is -2.34. The summed E-state index contributed by atoms with van der Waals surface area (Å²) in [5.74, 6) is 0. The minimum atomic E-state index is -0.761. The summed E-state index contributed by atoms with van der Waals surface area (Å²) in [6.07, 6.45) is 0. The van der Waals surface area contributed by atoms with Gasteiger partial charge in [0.05, 0.1) is 22.2 Å². The molecule has 0 saturated carbocycles. The van der Waals surface area contributed by atoms with Gasteiger partial charge in [0.2, 0.25) is 0 Å². The Kier molecular flexibility index (Phi) is 9.38. The van der Waals surface area contributed by atoms with Crippen LogP contribution >= 0.6 is 0 Å². The van der Waals surface area contributed by atoms with Crippen LogP contribution in [0.15, 0.2) is 253 Å². The summed E-state index contributed by atoms with van der Waals surface area (Å²) in [5, 5.41) is 4.53. The maximum atomic E-state index is 7.58. The molecule has 12 aromatic carbocycles. The van der Waals surface area contributed by atoms with Gasteiger partial charge in [-0.15, -0.1) is 0 Å². The molecule has 1 heterocycles. The zero-order valence-corrected chi connectivity index (χ0v) is 46.0. The van der Waals surface area contributed by atoms with Crippen molar-refractivity contribution in [2.24, 2.45) is 0 Å². The van der Waals surface area contributed by atoms with E-state index >= 15 is 0 Å². The first-order valence-corrected chi connectivity index (χ1v) is 28.6. The second-order valence-corrected chi connectivity index (χ2v) is 24.0. The molecule has 4 aliphatic carbocycles. The van der Waals surface area contributed by atoms with Gasteiger partial charge in [-0.05, 0) is 162 Å². The summed E-state index contributed by atoms with van der Waals surface area (Å²) < 4.78 is 7.58. The molecule has 1 aromatic heterocycles. The quantitative estimate of drug-likeness (QED) is 0.165. The molecule has 0 unspecified atom stereocenters. The lowest BCUT2D eigenvalue weighted by Crippen LogP contribution is -2.27. The van der Waals surface area contributed by atoms with Crippen LogP contribution in [0.25, 0.3) is 77.2 Å². The van der Waals surface area contributed by atoms with Crippen molar-refractivity contribution in [3.63, 3.8) is 0 Å². The van der Waals surface area contributed by atoms with Gasteiger partial charge in [0.25, 0.3) is 0 Å². The molecule has 13 aromatic rings. The van der Waals surface area contributed by atoms with Crippen molar-refractivity contribution in [1.82, 2.24) is 0 Å². The van der Waals surface area contributed by atoms with E-state index in [1.165, 1.54) is 99.8 Å². The number of aryl methyl sites for hydroxylation is 1. The highest BCUT2D eigenvalue weighted by Crippen LogP contribution is 2.68. The lowest BCUT2D eigenvalue weighted by atomic mass is 9.70. The van der Waals surface area contributed by atoms with Gasteiger partial charge in [-0.25, -0.2) is 0 Å². The van der Waals surface area contributed by atoms with Gasteiger partial charge in [0.15, 0.2) is 0 Å². The first kappa shape index (κ1) is 46.2. The molecule has 3 nitrogen and oxygen atoms in total. The SMILES string of the molecule is Cc1ccc(N(c2ccc3c(c2)C(C)(C)c2ccccc2-3)c2cc3c(c4oc5ccccc5c24)-c2c(cc(N(c4ccccc4)c4ccc5c(c4)C(C)(C)c4ccccc4-5)c4ccccc24)C32c3ccccc3-c3ccccc32)cc1. The molecule has 1 spiro atoms. The number of fused-ring (bicyclic) bond motifs is 22. The highest BCUT2D eigenvalue weighted by atomic mass is 16.3. The Morgan fingerprint density at radius 1 is 0.309 bits per heavy atom. The second-order valence-electron chi connectivity index (χ2n) is 24.0. The average molecular weight is 1040 g/mol. The molecule has 0 radical (unpaired) electrons. The summed E-state index contributed by atoms with van der Waals surface area (Å²) in [6, 6.07) is 93.8. The fourth-order valence-corrected chi connectivity index (χ4v) is 15.5. The predicted octanol–water partition coefficient (Wildman–Crippen LogP) is 20.9.